The summed E-state index contributed by atoms with van der Waals surface area (Å²) < 4.78 is 38.2. The molecule has 0 aliphatic heterocycles. The third-order valence-electron chi connectivity index (χ3n) is 3.03. The quantitative estimate of drug-likeness (QED) is 0.909. The number of hydrogen-bond donors (Lipinski definition) is 2. The number of nitrogens with one attached hydrogen (secondary N) is 2. The Labute approximate surface area is 123 Å². The van der Waals surface area contributed by atoms with Gasteiger partial charge in [-0.25, -0.2) is 4.98 Å². The van der Waals surface area contributed by atoms with E-state index in [4.69, 9.17) is 0 Å². The minimum Gasteiger partial charge on any atom is -0.344 e. The minimum absolute atomic E-state index is 0.389. The van der Waals surface area contributed by atoms with Crippen molar-refractivity contribution in [1.82, 2.24) is 15.3 Å². The van der Waals surface area contributed by atoms with Crippen molar-refractivity contribution in [1.29, 1.82) is 0 Å². The molecular weight excluding hydrogens is 303 g/mol. The number of imidazole rings is 1. The van der Waals surface area contributed by atoms with E-state index in [9.17, 15) is 18.0 Å². The van der Waals surface area contributed by atoms with Gasteiger partial charge in [0.1, 0.15) is 0 Å². The Morgan fingerprint density at radius 2 is 2.10 bits per heavy atom. The predicted molar refractivity (Wildman–Crippen MR) is 73.3 cm³/mol. The molecule has 2 heterocycles. The summed E-state index contributed by atoms with van der Waals surface area (Å²) in [5, 5.41) is 2.55. The summed E-state index contributed by atoms with van der Waals surface area (Å²) >= 11 is 1.58. The highest BCUT2D eigenvalue weighted by molar-refractivity contribution is 7.12. The van der Waals surface area contributed by atoms with Crippen molar-refractivity contribution in [3.05, 3.63) is 39.1 Å². The fraction of sp³-hybridized carbons (Fsp3) is 0.385. The van der Waals surface area contributed by atoms with Crippen LogP contribution in [0.4, 0.5) is 13.2 Å². The molecule has 1 unspecified atom stereocenters. The van der Waals surface area contributed by atoms with Crippen molar-refractivity contribution >= 4 is 17.2 Å². The van der Waals surface area contributed by atoms with Gasteiger partial charge >= 0.3 is 6.18 Å². The summed E-state index contributed by atoms with van der Waals surface area (Å²) in [5.41, 5.74) is -0.876. The number of aromatic amines is 1. The Morgan fingerprint density at radius 1 is 1.43 bits per heavy atom. The normalized spacial score (nSPS) is 13.2. The highest BCUT2D eigenvalue weighted by atomic mass is 32.1. The SMILES string of the molecule is Cc1cc(C(C)NC(=O)c2nc[nH]c2C(F)(F)F)c(C)s1. The monoisotopic (exact) mass is 317 g/mol. The number of thiophene rings is 1. The number of aryl methyl sites for hydroxylation is 2. The first kappa shape index (κ1) is 15.6. The smallest absolute Gasteiger partial charge is 0.344 e. The molecule has 8 heteroatoms. The summed E-state index contributed by atoms with van der Waals surface area (Å²) in [5.74, 6) is -0.848. The lowest BCUT2D eigenvalue weighted by atomic mass is 10.1. The molecule has 4 nitrogen and oxygen atoms in total. The lowest BCUT2D eigenvalue weighted by Crippen LogP contribution is -2.29. The number of amides is 1. The van der Waals surface area contributed by atoms with Gasteiger partial charge in [-0.3, -0.25) is 4.79 Å². The topological polar surface area (TPSA) is 57.8 Å². The molecule has 0 aliphatic carbocycles. The third kappa shape index (κ3) is 3.26. The van der Waals surface area contributed by atoms with Gasteiger partial charge < -0.3 is 10.3 Å². The average Bonchev–Trinajstić information content (AvgIpc) is 2.94. The van der Waals surface area contributed by atoms with Crippen LogP contribution in [0.1, 0.15) is 44.5 Å². The van der Waals surface area contributed by atoms with Crippen LogP contribution >= 0.6 is 11.3 Å². The predicted octanol–water partition coefficient (Wildman–Crippen LogP) is 3.60. The van der Waals surface area contributed by atoms with Gasteiger partial charge in [-0.15, -0.1) is 11.3 Å². The lowest BCUT2D eigenvalue weighted by Gasteiger charge is -2.14. The molecule has 0 saturated heterocycles. The maximum absolute atomic E-state index is 12.7. The number of halogens is 3. The molecule has 114 valence electrons. The van der Waals surface area contributed by atoms with Crippen molar-refractivity contribution in [2.24, 2.45) is 0 Å². The van der Waals surface area contributed by atoms with Crippen LogP contribution in [0.15, 0.2) is 12.4 Å². The Kier molecular flexibility index (Phi) is 4.08. The van der Waals surface area contributed by atoms with E-state index in [2.05, 4.69) is 10.3 Å². The van der Waals surface area contributed by atoms with E-state index < -0.39 is 23.5 Å². The molecule has 0 aromatic carbocycles. The van der Waals surface area contributed by atoms with Gasteiger partial charge in [-0.2, -0.15) is 13.2 Å². The van der Waals surface area contributed by atoms with Crippen LogP contribution in [0.3, 0.4) is 0 Å². The standard InChI is InChI=1S/C13H14F3N3OS/c1-6-4-9(8(3)21-6)7(2)19-12(20)10-11(13(14,15)16)18-5-17-10/h4-5,7H,1-3H3,(H,17,18)(H,19,20). The molecule has 1 atom stereocenters. The van der Waals surface area contributed by atoms with E-state index in [0.29, 0.717) is 0 Å². The number of rotatable bonds is 3. The van der Waals surface area contributed by atoms with Crippen LogP contribution < -0.4 is 5.32 Å². The van der Waals surface area contributed by atoms with E-state index in [-0.39, 0.29) is 6.04 Å². The average molecular weight is 317 g/mol. The van der Waals surface area contributed by atoms with Crippen LogP contribution in [-0.2, 0) is 6.18 Å². The second-order valence-electron chi connectivity index (χ2n) is 4.69. The van der Waals surface area contributed by atoms with Crippen molar-refractivity contribution in [3.8, 4) is 0 Å². The molecule has 0 bridgehead atoms. The zero-order valence-corrected chi connectivity index (χ0v) is 12.4. The number of nitrogens with zero attached hydrogens (tertiary/aromatic N) is 1. The van der Waals surface area contributed by atoms with E-state index in [1.807, 2.05) is 24.9 Å². The van der Waals surface area contributed by atoms with Gasteiger partial charge in [-0.1, -0.05) is 0 Å². The Bertz CT molecular complexity index is 660. The van der Waals surface area contributed by atoms with Gasteiger partial charge in [0.15, 0.2) is 11.4 Å². The molecule has 0 fully saturated rings. The van der Waals surface area contributed by atoms with Gasteiger partial charge in [0.2, 0.25) is 0 Å². The van der Waals surface area contributed by atoms with Crippen molar-refractivity contribution in [2.75, 3.05) is 0 Å². The van der Waals surface area contributed by atoms with Crippen molar-refractivity contribution in [2.45, 2.75) is 33.0 Å². The molecule has 2 aromatic heterocycles. The first-order valence-corrected chi connectivity index (χ1v) is 7.00. The van der Waals surface area contributed by atoms with Crippen molar-refractivity contribution in [3.63, 3.8) is 0 Å². The summed E-state index contributed by atoms with van der Waals surface area (Å²) in [7, 11) is 0. The zero-order chi connectivity index (χ0) is 15.8. The third-order valence-corrected chi connectivity index (χ3v) is 4.01. The molecule has 0 spiro atoms. The number of aromatic nitrogens is 2. The maximum atomic E-state index is 12.7. The molecule has 0 saturated carbocycles. The molecule has 1 amide bonds. The number of hydrogen-bond acceptors (Lipinski definition) is 3. The van der Waals surface area contributed by atoms with Crippen LogP contribution in [0.25, 0.3) is 0 Å². The van der Waals surface area contributed by atoms with Crippen LogP contribution in [0.5, 0.6) is 0 Å². The number of carbonyl (C=O) groups excluding carboxylic acids is 1. The van der Waals surface area contributed by atoms with Gasteiger partial charge in [0.05, 0.1) is 12.4 Å². The summed E-state index contributed by atoms with van der Waals surface area (Å²) in [4.78, 5) is 19.5. The van der Waals surface area contributed by atoms with E-state index >= 15 is 0 Å². The Morgan fingerprint density at radius 3 is 2.62 bits per heavy atom. The first-order chi connectivity index (χ1) is 9.70. The second-order valence-corrected chi connectivity index (χ2v) is 6.15. The fourth-order valence-electron chi connectivity index (χ4n) is 2.11. The molecule has 21 heavy (non-hydrogen) atoms. The lowest BCUT2D eigenvalue weighted by molar-refractivity contribution is -0.141. The second kappa shape index (κ2) is 5.51. The molecule has 0 aliphatic rings. The molecule has 0 radical (unpaired) electrons. The minimum atomic E-state index is -4.64. The molecule has 2 aromatic rings. The summed E-state index contributed by atoms with van der Waals surface area (Å²) in [6, 6.07) is 1.53. The Balaban J connectivity index is 2.19. The number of H-pyrrole nitrogens is 1. The van der Waals surface area contributed by atoms with E-state index in [0.717, 1.165) is 21.6 Å². The Hall–Kier alpha value is -1.83. The summed E-state index contributed by atoms with van der Waals surface area (Å²) in [6.07, 6.45) is -3.77. The van der Waals surface area contributed by atoms with E-state index in [1.165, 1.54) is 0 Å². The van der Waals surface area contributed by atoms with Gasteiger partial charge in [0.25, 0.3) is 5.91 Å². The van der Waals surface area contributed by atoms with Gasteiger partial charge in [0, 0.05) is 9.75 Å². The summed E-state index contributed by atoms with van der Waals surface area (Å²) in [6.45, 7) is 5.57. The number of carbonyl (C=O) groups is 1. The van der Waals surface area contributed by atoms with E-state index in [1.54, 1.807) is 18.3 Å². The fourth-order valence-corrected chi connectivity index (χ4v) is 3.13. The van der Waals surface area contributed by atoms with Crippen molar-refractivity contribution < 1.29 is 18.0 Å². The van der Waals surface area contributed by atoms with Crippen LogP contribution in [-0.4, -0.2) is 15.9 Å². The molecule has 2 rings (SSSR count). The molecule has 2 N–H and O–H groups in total. The molecular formula is C13H14F3N3OS. The zero-order valence-electron chi connectivity index (χ0n) is 11.6. The van der Waals surface area contributed by atoms with Crippen LogP contribution in [0.2, 0.25) is 0 Å². The number of alkyl halides is 3. The van der Waals surface area contributed by atoms with Crippen LogP contribution in [0, 0.1) is 13.8 Å². The first-order valence-electron chi connectivity index (χ1n) is 6.18. The highest BCUT2D eigenvalue weighted by Gasteiger charge is 2.38. The maximum Gasteiger partial charge on any atom is 0.433 e. The van der Waals surface area contributed by atoms with Gasteiger partial charge in [-0.05, 0) is 32.4 Å². The highest BCUT2D eigenvalue weighted by Crippen LogP contribution is 2.30. The largest absolute Gasteiger partial charge is 0.433 e.